The topological polar surface area (TPSA) is 92.9 Å². The van der Waals surface area contributed by atoms with Crippen LogP contribution in [-0.4, -0.2) is 56.7 Å². The second-order valence-electron chi connectivity index (χ2n) is 6.17. The number of anilines is 1. The highest BCUT2D eigenvalue weighted by Crippen LogP contribution is 2.21. The van der Waals surface area contributed by atoms with E-state index < -0.39 is 10.0 Å². The summed E-state index contributed by atoms with van der Waals surface area (Å²) in [7, 11) is -1.85. The fourth-order valence-corrected chi connectivity index (χ4v) is 3.21. The Balaban J connectivity index is 1.54. The predicted octanol–water partition coefficient (Wildman–Crippen LogP) is 1.75. The first kappa shape index (κ1) is 18.2. The molecule has 26 heavy (non-hydrogen) atoms. The van der Waals surface area contributed by atoms with Gasteiger partial charge in [0.1, 0.15) is 6.10 Å². The Morgan fingerprint density at radius 2 is 2.04 bits per heavy atom. The Bertz CT molecular complexity index is 841. The van der Waals surface area contributed by atoms with E-state index in [1.165, 1.54) is 19.5 Å². The number of pyridine rings is 1. The Labute approximate surface area is 152 Å². The third-order valence-corrected chi connectivity index (χ3v) is 5.54. The van der Waals surface area contributed by atoms with Crippen LogP contribution < -0.4 is 9.04 Å². The standard InChI is InChI=1S/C17H21N3O5S/c1-19(26(2,22)23)13-5-6-16(18-12-13)25-14-7-9-20(10-8-14)17(21)15-4-3-11-24-15/h3-6,11-12,14H,7-10H2,1-2H3. The number of nitrogens with zero attached hydrogens (tertiary/aromatic N) is 3. The monoisotopic (exact) mass is 379 g/mol. The van der Waals surface area contributed by atoms with Crippen molar-refractivity contribution in [1.29, 1.82) is 0 Å². The fraction of sp³-hybridized carbons (Fsp3) is 0.412. The van der Waals surface area contributed by atoms with Gasteiger partial charge in [-0.3, -0.25) is 9.10 Å². The zero-order valence-corrected chi connectivity index (χ0v) is 15.5. The van der Waals surface area contributed by atoms with Gasteiger partial charge in [-0.2, -0.15) is 0 Å². The van der Waals surface area contributed by atoms with E-state index in [9.17, 15) is 13.2 Å². The van der Waals surface area contributed by atoms with Crippen molar-refractivity contribution in [3.63, 3.8) is 0 Å². The van der Waals surface area contributed by atoms with Gasteiger partial charge in [0, 0.05) is 39.0 Å². The number of sulfonamides is 1. The summed E-state index contributed by atoms with van der Waals surface area (Å²) in [5, 5.41) is 0. The van der Waals surface area contributed by atoms with Crippen LogP contribution in [-0.2, 0) is 10.0 Å². The molecule has 1 fully saturated rings. The van der Waals surface area contributed by atoms with Gasteiger partial charge in [0.25, 0.3) is 5.91 Å². The van der Waals surface area contributed by atoms with Crippen LogP contribution in [0.3, 0.4) is 0 Å². The lowest BCUT2D eigenvalue weighted by Gasteiger charge is -2.31. The van der Waals surface area contributed by atoms with E-state index in [0.29, 0.717) is 43.3 Å². The number of likely N-dealkylation sites (tertiary alicyclic amines) is 1. The largest absolute Gasteiger partial charge is 0.474 e. The molecule has 2 aromatic heterocycles. The summed E-state index contributed by atoms with van der Waals surface area (Å²) < 4.78 is 35.2. The molecule has 2 aromatic rings. The SMILES string of the molecule is CN(c1ccc(OC2CCN(C(=O)c3ccco3)CC2)nc1)S(C)(=O)=O. The molecule has 1 saturated heterocycles. The van der Waals surface area contributed by atoms with Gasteiger partial charge in [-0.1, -0.05) is 0 Å². The maximum atomic E-state index is 12.2. The molecule has 0 unspecified atom stereocenters. The number of aromatic nitrogens is 1. The van der Waals surface area contributed by atoms with Crippen LogP contribution in [0.5, 0.6) is 5.88 Å². The molecule has 8 nitrogen and oxygen atoms in total. The summed E-state index contributed by atoms with van der Waals surface area (Å²) in [6, 6.07) is 6.65. The number of furan rings is 1. The minimum Gasteiger partial charge on any atom is -0.474 e. The summed E-state index contributed by atoms with van der Waals surface area (Å²) in [5.74, 6) is 0.669. The molecule has 9 heteroatoms. The molecule has 3 heterocycles. The van der Waals surface area contributed by atoms with Crippen molar-refractivity contribution in [3.8, 4) is 5.88 Å². The maximum Gasteiger partial charge on any atom is 0.289 e. The van der Waals surface area contributed by atoms with Crippen LogP contribution in [0.4, 0.5) is 5.69 Å². The first-order chi connectivity index (χ1) is 12.3. The van der Waals surface area contributed by atoms with Gasteiger partial charge in [0.05, 0.1) is 24.4 Å². The molecule has 0 aliphatic carbocycles. The van der Waals surface area contributed by atoms with E-state index >= 15 is 0 Å². The highest BCUT2D eigenvalue weighted by molar-refractivity contribution is 7.92. The van der Waals surface area contributed by atoms with Gasteiger partial charge in [0.2, 0.25) is 15.9 Å². The highest BCUT2D eigenvalue weighted by atomic mass is 32.2. The molecule has 0 spiro atoms. The van der Waals surface area contributed by atoms with Crippen LogP contribution in [0, 0.1) is 0 Å². The molecule has 0 radical (unpaired) electrons. The van der Waals surface area contributed by atoms with Gasteiger partial charge in [0.15, 0.2) is 5.76 Å². The van der Waals surface area contributed by atoms with Gasteiger partial charge in [-0.25, -0.2) is 13.4 Å². The van der Waals surface area contributed by atoms with Gasteiger partial charge in [-0.05, 0) is 18.2 Å². The normalized spacial score (nSPS) is 15.7. The van der Waals surface area contributed by atoms with Gasteiger partial charge < -0.3 is 14.1 Å². The summed E-state index contributed by atoms with van der Waals surface area (Å²) >= 11 is 0. The Morgan fingerprint density at radius 1 is 1.31 bits per heavy atom. The molecule has 1 aliphatic heterocycles. The first-order valence-electron chi connectivity index (χ1n) is 8.24. The second-order valence-corrected chi connectivity index (χ2v) is 8.19. The minimum absolute atomic E-state index is 0.0401. The smallest absolute Gasteiger partial charge is 0.289 e. The fourth-order valence-electron chi connectivity index (χ4n) is 2.72. The van der Waals surface area contributed by atoms with Crippen molar-refractivity contribution in [2.75, 3.05) is 30.7 Å². The molecule has 3 rings (SSSR count). The molecule has 1 aliphatic rings. The minimum atomic E-state index is -3.32. The van der Waals surface area contributed by atoms with Crippen LogP contribution in [0.1, 0.15) is 23.4 Å². The average Bonchev–Trinajstić information content (AvgIpc) is 3.16. The lowest BCUT2D eigenvalue weighted by molar-refractivity contribution is 0.0559. The van der Waals surface area contributed by atoms with Crippen LogP contribution >= 0.6 is 0 Å². The number of piperidine rings is 1. The van der Waals surface area contributed by atoms with Crippen LogP contribution in [0.15, 0.2) is 41.1 Å². The lowest BCUT2D eigenvalue weighted by Crippen LogP contribution is -2.41. The number of ether oxygens (including phenoxy) is 1. The zero-order chi connectivity index (χ0) is 18.7. The molecule has 140 valence electrons. The number of hydrogen-bond donors (Lipinski definition) is 0. The first-order valence-corrected chi connectivity index (χ1v) is 10.1. The van der Waals surface area contributed by atoms with E-state index in [1.807, 2.05) is 0 Å². The van der Waals surface area contributed by atoms with Crippen molar-refractivity contribution in [2.45, 2.75) is 18.9 Å². The Hall–Kier alpha value is -2.55. The molecular weight excluding hydrogens is 358 g/mol. The number of hydrogen-bond acceptors (Lipinski definition) is 6. The Kier molecular flexibility index (Phi) is 5.17. The summed E-state index contributed by atoms with van der Waals surface area (Å²) in [6.07, 6.45) is 5.43. The number of rotatable bonds is 5. The van der Waals surface area contributed by atoms with Crippen molar-refractivity contribution in [2.24, 2.45) is 0 Å². The lowest BCUT2D eigenvalue weighted by atomic mass is 10.1. The van der Waals surface area contributed by atoms with Crippen molar-refractivity contribution in [3.05, 3.63) is 42.5 Å². The summed E-state index contributed by atoms with van der Waals surface area (Å²) in [5.41, 5.74) is 0.471. The van der Waals surface area contributed by atoms with Gasteiger partial charge >= 0.3 is 0 Å². The molecule has 0 atom stereocenters. The number of amides is 1. The summed E-state index contributed by atoms with van der Waals surface area (Å²) in [4.78, 5) is 18.2. The van der Waals surface area contributed by atoms with E-state index in [2.05, 4.69) is 4.98 Å². The quantitative estimate of drug-likeness (QED) is 0.786. The zero-order valence-electron chi connectivity index (χ0n) is 14.7. The third-order valence-electron chi connectivity index (χ3n) is 4.33. The molecule has 0 saturated carbocycles. The highest BCUT2D eigenvalue weighted by Gasteiger charge is 2.26. The average molecular weight is 379 g/mol. The van der Waals surface area contributed by atoms with Crippen molar-refractivity contribution < 1.29 is 22.4 Å². The van der Waals surface area contributed by atoms with E-state index in [0.717, 1.165) is 10.6 Å². The van der Waals surface area contributed by atoms with E-state index in [-0.39, 0.29) is 12.0 Å². The van der Waals surface area contributed by atoms with E-state index in [1.54, 1.807) is 29.2 Å². The molecule has 1 amide bonds. The summed E-state index contributed by atoms with van der Waals surface area (Å²) in [6.45, 7) is 1.16. The van der Waals surface area contributed by atoms with Crippen LogP contribution in [0.2, 0.25) is 0 Å². The molecule has 0 aromatic carbocycles. The van der Waals surface area contributed by atoms with Crippen LogP contribution in [0.25, 0.3) is 0 Å². The predicted molar refractivity (Wildman–Crippen MR) is 95.7 cm³/mol. The van der Waals surface area contributed by atoms with Crippen molar-refractivity contribution in [1.82, 2.24) is 9.88 Å². The number of carbonyl (C=O) groups excluding carboxylic acids is 1. The van der Waals surface area contributed by atoms with Gasteiger partial charge in [-0.15, -0.1) is 0 Å². The maximum absolute atomic E-state index is 12.2. The Morgan fingerprint density at radius 3 is 2.58 bits per heavy atom. The molecule has 0 bridgehead atoms. The second kappa shape index (κ2) is 7.36. The van der Waals surface area contributed by atoms with Crippen molar-refractivity contribution >= 4 is 21.6 Å². The number of carbonyl (C=O) groups is 1. The third kappa shape index (κ3) is 4.16. The molecule has 0 N–H and O–H groups in total. The molecular formula is C17H21N3O5S. The van der Waals surface area contributed by atoms with E-state index in [4.69, 9.17) is 9.15 Å².